The first-order valence-electron chi connectivity index (χ1n) is 6.74. The van der Waals surface area contributed by atoms with Crippen molar-refractivity contribution in [2.24, 2.45) is 7.05 Å². The first-order chi connectivity index (χ1) is 9.25. The van der Waals surface area contributed by atoms with Gasteiger partial charge in [-0.25, -0.2) is 0 Å². The van der Waals surface area contributed by atoms with Crippen molar-refractivity contribution >= 4 is 15.9 Å². The Hall–Kier alpha value is -1.13. The number of hydrogen-bond acceptors (Lipinski definition) is 2. The van der Waals surface area contributed by atoms with Crippen LogP contribution in [0.1, 0.15) is 24.5 Å². The lowest BCUT2D eigenvalue weighted by Crippen LogP contribution is -2.27. The van der Waals surface area contributed by atoms with E-state index in [9.17, 15) is 0 Å². The Morgan fingerprint density at radius 2 is 1.89 bits per heavy atom. The minimum Gasteiger partial charge on any atom is -0.317 e. The van der Waals surface area contributed by atoms with Crippen molar-refractivity contribution in [2.45, 2.75) is 18.8 Å². The molecule has 1 aliphatic heterocycles. The van der Waals surface area contributed by atoms with Crippen molar-refractivity contribution in [3.63, 3.8) is 0 Å². The zero-order valence-corrected chi connectivity index (χ0v) is 12.7. The molecule has 0 saturated carbocycles. The number of hydrogen-bond donors (Lipinski definition) is 1. The van der Waals surface area contributed by atoms with E-state index < -0.39 is 0 Å². The van der Waals surface area contributed by atoms with Gasteiger partial charge in [0, 0.05) is 28.7 Å². The molecule has 1 saturated heterocycles. The van der Waals surface area contributed by atoms with E-state index in [0.717, 1.165) is 17.6 Å². The van der Waals surface area contributed by atoms with E-state index in [2.05, 4.69) is 57.7 Å². The third-order valence-corrected chi connectivity index (χ3v) is 4.39. The highest BCUT2D eigenvalue weighted by molar-refractivity contribution is 9.10. The second-order valence-electron chi connectivity index (χ2n) is 5.10. The largest absolute Gasteiger partial charge is 0.317 e. The van der Waals surface area contributed by atoms with Crippen LogP contribution in [-0.4, -0.2) is 22.9 Å². The molecule has 1 aromatic heterocycles. The SMILES string of the molecule is Cn1ncc(-c2ccc(Br)cc2)c1C1CCNCC1. The molecule has 2 aromatic rings. The zero-order valence-electron chi connectivity index (χ0n) is 11.1. The second kappa shape index (κ2) is 5.47. The standard InChI is InChI=1S/C15H18BrN3/c1-19-15(12-6-8-17-9-7-12)14(10-18-19)11-2-4-13(16)5-3-11/h2-5,10,12,17H,6-9H2,1H3. The fraction of sp³-hybridized carbons (Fsp3) is 0.400. The quantitative estimate of drug-likeness (QED) is 0.920. The summed E-state index contributed by atoms with van der Waals surface area (Å²) in [6.07, 6.45) is 4.40. The van der Waals surface area contributed by atoms with Crippen LogP contribution in [0.15, 0.2) is 34.9 Å². The maximum atomic E-state index is 4.48. The average Bonchev–Trinajstić information content (AvgIpc) is 2.82. The number of benzene rings is 1. The van der Waals surface area contributed by atoms with Crippen molar-refractivity contribution in [1.29, 1.82) is 0 Å². The van der Waals surface area contributed by atoms with Crippen LogP contribution in [-0.2, 0) is 7.05 Å². The van der Waals surface area contributed by atoms with Gasteiger partial charge in [-0.2, -0.15) is 5.10 Å². The molecule has 2 heterocycles. The van der Waals surface area contributed by atoms with Crippen LogP contribution in [0.4, 0.5) is 0 Å². The second-order valence-corrected chi connectivity index (χ2v) is 6.01. The van der Waals surface area contributed by atoms with Gasteiger partial charge in [-0.3, -0.25) is 4.68 Å². The molecule has 3 nitrogen and oxygen atoms in total. The summed E-state index contributed by atoms with van der Waals surface area (Å²) in [6, 6.07) is 8.50. The van der Waals surface area contributed by atoms with E-state index >= 15 is 0 Å². The third-order valence-electron chi connectivity index (χ3n) is 3.87. The Labute approximate surface area is 122 Å². The van der Waals surface area contributed by atoms with Crippen molar-refractivity contribution in [1.82, 2.24) is 15.1 Å². The van der Waals surface area contributed by atoms with Crippen molar-refractivity contribution in [3.8, 4) is 11.1 Å². The molecule has 1 N–H and O–H groups in total. The van der Waals surface area contributed by atoms with E-state index in [1.165, 1.54) is 29.7 Å². The molecule has 0 amide bonds. The van der Waals surface area contributed by atoms with Crippen LogP contribution < -0.4 is 5.32 Å². The molecular weight excluding hydrogens is 302 g/mol. The van der Waals surface area contributed by atoms with Crippen molar-refractivity contribution in [2.75, 3.05) is 13.1 Å². The molecule has 0 unspecified atom stereocenters. The third kappa shape index (κ3) is 2.60. The number of aryl methyl sites for hydroxylation is 1. The number of aromatic nitrogens is 2. The van der Waals surface area contributed by atoms with E-state index in [-0.39, 0.29) is 0 Å². The summed E-state index contributed by atoms with van der Waals surface area (Å²) in [5.41, 5.74) is 3.91. The van der Waals surface area contributed by atoms with Gasteiger partial charge >= 0.3 is 0 Å². The molecule has 1 aromatic carbocycles. The zero-order chi connectivity index (χ0) is 13.2. The number of rotatable bonds is 2. The van der Waals surface area contributed by atoms with Crippen LogP contribution in [0.3, 0.4) is 0 Å². The van der Waals surface area contributed by atoms with E-state index in [1.807, 2.05) is 10.9 Å². The van der Waals surface area contributed by atoms with Crippen LogP contribution in [0.2, 0.25) is 0 Å². The van der Waals surface area contributed by atoms with Crippen LogP contribution in [0, 0.1) is 0 Å². The molecule has 0 atom stereocenters. The minimum absolute atomic E-state index is 0.618. The summed E-state index contributed by atoms with van der Waals surface area (Å²) in [6.45, 7) is 2.21. The van der Waals surface area contributed by atoms with Crippen molar-refractivity contribution < 1.29 is 0 Å². The molecule has 0 radical (unpaired) electrons. The van der Waals surface area contributed by atoms with Gasteiger partial charge in [-0.05, 0) is 43.6 Å². The molecular formula is C15H18BrN3. The lowest BCUT2D eigenvalue weighted by atomic mass is 9.90. The molecule has 1 fully saturated rings. The van der Waals surface area contributed by atoms with Gasteiger partial charge in [-0.1, -0.05) is 28.1 Å². The predicted molar refractivity (Wildman–Crippen MR) is 81.2 cm³/mol. The fourth-order valence-electron chi connectivity index (χ4n) is 2.88. The van der Waals surface area contributed by atoms with Crippen LogP contribution in [0.25, 0.3) is 11.1 Å². The first kappa shape index (κ1) is 12.9. The van der Waals surface area contributed by atoms with Gasteiger partial charge in [-0.15, -0.1) is 0 Å². The Bertz CT molecular complexity index is 553. The van der Waals surface area contributed by atoms with Gasteiger partial charge in [0.1, 0.15) is 0 Å². The Morgan fingerprint density at radius 1 is 1.21 bits per heavy atom. The molecule has 100 valence electrons. The molecule has 0 bridgehead atoms. The molecule has 1 aliphatic rings. The number of piperidine rings is 1. The smallest absolute Gasteiger partial charge is 0.0571 e. The van der Waals surface area contributed by atoms with E-state index in [4.69, 9.17) is 0 Å². The number of nitrogens with one attached hydrogen (secondary N) is 1. The van der Waals surface area contributed by atoms with Crippen molar-refractivity contribution in [3.05, 3.63) is 40.6 Å². The number of nitrogens with zero attached hydrogens (tertiary/aromatic N) is 2. The monoisotopic (exact) mass is 319 g/mol. The van der Waals surface area contributed by atoms with Gasteiger partial charge in [0.2, 0.25) is 0 Å². The average molecular weight is 320 g/mol. The maximum Gasteiger partial charge on any atom is 0.0571 e. The van der Waals surface area contributed by atoms with Crippen LogP contribution in [0.5, 0.6) is 0 Å². The highest BCUT2D eigenvalue weighted by Crippen LogP contribution is 2.33. The summed E-state index contributed by atoms with van der Waals surface area (Å²) in [7, 11) is 2.06. The van der Waals surface area contributed by atoms with Gasteiger partial charge in [0.25, 0.3) is 0 Å². The predicted octanol–water partition coefficient (Wildman–Crippen LogP) is 3.32. The van der Waals surface area contributed by atoms with Gasteiger partial charge in [0.05, 0.1) is 6.20 Å². The highest BCUT2D eigenvalue weighted by Gasteiger charge is 2.22. The van der Waals surface area contributed by atoms with Gasteiger partial charge < -0.3 is 5.32 Å². The fourth-order valence-corrected chi connectivity index (χ4v) is 3.14. The molecule has 0 aliphatic carbocycles. The summed E-state index contributed by atoms with van der Waals surface area (Å²) >= 11 is 3.49. The summed E-state index contributed by atoms with van der Waals surface area (Å²) in [5, 5.41) is 7.90. The molecule has 3 rings (SSSR count). The summed E-state index contributed by atoms with van der Waals surface area (Å²) < 4.78 is 3.16. The lowest BCUT2D eigenvalue weighted by molar-refractivity contribution is 0.440. The Morgan fingerprint density at radius 3 is 2.58 bits per heavy atom. The molecule has 19 heavy (non-hydrogen) atoms. The van der Waals surface area contributed by atoms with E-state index in [1.54, 1.807) is 0 Å². The highest BCUT2D eigenvalue weighted by atomic mass is 79.9. The molecule has 0 spiro atoms. The summed E-state index contributed by atoms with van der Waals surface area (Å²) in [4.78, 5) is 0. The summed E-state index contributed by atoms with van der Waals surface area (Å²) in [5.74, 6) is 0.618. The lowest BCUT2D eigenvalue weighted by Gasteiger charge is -2.24. The minimum atomic E-state index is 0.618. The Kier molecular flexibility index (Phi) is 3.71. The van der Waals surface area contributed by atoms with Gasteiger partial charge in [0.15, 0.2) is 0 Å². The maximum absolute atomic E-state index is 4.48. The number of halogens is 1. The molecule has 4 heteroatoms. The Balaban J connectivity index is 1.99. The first-order valence-corrected chi connectivity index (χ1v) is 7.53. The van der Waals surface area contributed by atoms with Crippen LogP contribution >= 0.6 is 15.9 Å². The topological polar surface area (TPSA) is 29.9 Å². The normalized spacial score (nSPS) is 16.7. The van der Waals surface area contributed by atoms with E-state index in [0.29, 0.717) is 5.92 Å².